The van der Waals surface area contributed by atoms with E-state index in [2.05, 4.69) is 20.8 Å². The smallest absolute Gasteiger partial charge is 0.122 e. The van der Waals surface area contributed by atoms with E-state index in [1.807, 2.05) is 6.92 Å². The molecule has 0 aromatic carbocycles. The summed E-state index contributed by atoms with van der Waals surface area (Å²) in [5.74, 6) is 1.75. The molecule has 0 aliphatic rings. The molecule has 0 N–H and O–H groups in total. The topological polar surface area (TPSA) is 17.1 Å². The molecule has 1 nitrogen and oxygen atoms in total. The standard InChI is InChI=1S/C12H24O/c1-5-6-10(2)7-11(3)8-12(4)9-13/h9-12H,5-8H2,1-4H3/t10-,11-,12-/m1/s1. The van der Waals surface area contributed by atoms with Crippen molar-refractivity contribution in [3.8, 4) is 0 Å². The van der Waals surface area contributed by atoms with E-state index in [0.29, 0.717) is 5.92 Å². The lowest BCUT2D eigenvalue weighted by Crippen LogP contribution is -2.08. The van der Waals surface area contributed by atoms with Crippen molar-refractivity contribution < 1.29 is 4.79 Å². The number of aldehydes is 1. The molecule has 0 aromatic rings. The minimum absolute atomic E-state index is 0.240. The first-order valence-electron chi connectivity index (χ1n) is 5.55. The van der Waals surface area contributed by atoms with Gasteiger partial charge in [0.25, 0.3) is 0 Å². The Kier molecular flexibility index (Phi) is 6.93. The molecular formula is C12H24O. The number of carbonyl (C=O) groups is 1. The van der Waals surface area contributed by atoms with Crippen molar-refractivity contribution in [1.29, 1.82) is 0 Å². The molecule has 13 heavy (non-hydrogen) atoms. The summed E-state index contributed by atoms with van der Waals surface area (Å²) in [5.41, 5.74) is 0. The van der Waals surface area contributed by atoms with Crippen LogP contribution in [0.5, 0.6) is 0 Å². The average molecular weight is 184 g/mol. The maximum Gasteiger partial charge on any atom is 0.122 e. The zero-order valence-corrected chi connectivity index (χ0v) is 9.55. The van der Waals surface area contributed by atoms with Crippen LogP contribution >= 0.6 is 0 Å². The van der Waals surface area contributed by atoms with Gasteiger partial charge in [-0.3, -0.25) is 0 Å². The van der Waals surface area contributed by atoms with Crippen molar-refractivity contribution in [2.45, 2.75) is 53.4 Å². The zero-order chi connectivity index (χ0) is 10.3. The molecule has 0 heterocycles. The normalized spacial score (nSPS) is 17.8. The van der Waals surface area contributed by atoms with Crippen LogP contribution in [-0.4, -0.2) is 6.29 Å². The molecule has 78 valence electrons. The quantitative estimate of drug-likeness (QED) is 0.552. The first kappa shape index (κ1) is 12.7. The fraction of sp³-hybridized carbons (Fsp3) is 0.917. The minimum atomic E-state index is 0.240. The van der Waals surface area contributed by atoms with Crippen LogP contribution in [0.4, 0.5) is 0 Å². The van der Waals surface area contributed by atoms with Gasteiger partial charge in [0.1, 0.15) is 6.29 Å². The van der Waals surface area contributed by atoms with Gasteiger partial charge < -0.3 is 4.79 Å². The predicted molar refractivity (Wildman–Crippen MR) is 57.7 cm³/mol. The molecule has 0 aliphatic carbocycles. The Labute approximate surface area is 82.9 Å². The third-order valence-corrected chi connectivity index (χ3v) is 2.59. The lowest BCUT2D eigenvalue weighted by Gasteiger charge is -2.17. The highest BCUT2D eigenvalue weighted by Gasteiger charge is 2.11. The van der Waals surface area contributed by atoms with Gasteiger partial charge >= 0.3 is 0 Å². The highest BCUT2D eigenvalue weighted by molar-refractivity contribution is 5.52. The van der Waals surface area contributed by atoms with Gasteiger partial charge in [-0.05, 0) is 24.7 Å². The Bertz CT molecular complexity index is 131. The van der Waals surface area contributed by atoms with Crippen molar-refractivity contribution in [3.05, 3.63) is 0 Å². The number of rotatable bonds is 7. The van der Waals surface area contributed by atoms with E-state index in [1.54, 1.807) is 0 Å². The molecule has 0 aliphatic heterocycles. The first-order chi connectivity index (χ1) is 6.10. The van der Waals surface area contributed by atoms with E-state index in [9.17, 15) is 4.79 Å². The Morgan fingerprint density at radius 1 is 1.08 bits per heavy atom. The Morgan fingerprint density at radius 2 is 1.69 bits per heavy atom. The van der Waals surface area contributed by atoms with Crippen LogP contribution in [0.25, 0.3) is 0 Å². The van der Waals surface area contributed by atoms with Gasteiger partial charge in [0.05, 0.1) is 0 Å². The molecule has 3 atom stereocenters. The van der Waals surface area contributed by atoms with Crippen molar-refractivity contribution in [2.24, 2.45) is 17.8 Å². The molecule has 0 spiro atoms. The maximum atomic E-state index is 10.5. The second kappa shape index (κ2) is 7.11. The fourth-order valence-electron chi connectivity index (χ4n) is 2.08. The van der Waals surface area contributed by atoms with Crippen molar-refractivity contribution in [3.63, 3.8) is 0 Å². The average Bonchev–Trinajstić information content (AvgIpc) is 2.04. The van der Waals surface area contributed by atoms with Gasteiger partial charge in [-0.15, -0.1) is 0 Å². The first-order valence-corrected chi connectivity index (χ1v) is 5.55. The van der Waals surface area contributed by atoms with E-state index in [1.165, 1.54) is 19.3 Å². The molecule has 0 radical (unpaired) electrons. The van der Waals surface area contributed by atoms with Crippen molar-refractivity contribution >= 4 is 6.29 Å². The summed E-state index contributed by atoms with van der Waals surface area (Å²) < 4.78 is 0. The summed E-state index contributed by atoms with van der Waals surface area (Å²) >= 11 is 0. The Morgan fingerprint density at radius 3 is 2.15 bits per heavy atom. The summed E-state index contributed by atoms with van der Waals surface area (Å²) in [4.78, 5) is 10.5. The van der Waals surface area contributed by atoms with Crippen LogP contribution in [-0.2, 0) is 4.79 Å². The molecule has 0 saturated heterocycles. The summed E-state index contributed by atoms with van der Waals surface area (Å²) in [6, 6.07) is 0. The summed E-state index contributed by atoms with van der Waals surface area (Å²) in [5, 5.41) is 0. The van der Waals surface area contributed by atoms with Crippen LogP contribution in [0.1, 0.15) is 53.4 Å². The lowest BCUT2D eigenvalue weighted by atomic mass is 9.88. The Hall–Kier alpha value is -0.330. The highest BCUT2D eigenvalue weighted by atomic mass is 16.1. The lowest BCUT2D eigenvalue weighted by molar-refractivity contribution is -0.111. The molecule has 0 bridgehead atoms. The van der Waals surface area contributed by atoms with Gasteiger partial charge in [0.2, 0.25) is 0 Å². The van der Waals surface area contributed by atoms with Crippen LogP contribution in [0.3, 0.4) is 0 Å². The SMILES string of the molecule is CCC[C@@H](C)C[C@@H](C)C[C@@H](C)C=O. The van der Waals surface area contributed by atoms with E-state index >= 15 is 0 Å². The van der Waals surface area contributed by atoms with Gasteiger partial charge in [0.15, 0.2) is 0 Å². The van der Waals surface area contributed by atoms with Crippen molar-refractivity contribution in [2.75, 3.05) is 0 Å². The van der Waals surface area contributed by atoms with Crippen molar-refractivity contribution in [1.82, 2.24) is 0 Å². The van der Waals surface area contributed by atoms with E-state index < -0.39 is 0 Å². The van der Waals surface area contributed by atoms with Crippen LogP contribution in [0, 0.1) is 17.8 Å². The minimum Gasteiger partial charge on any atom is -0.303 e. The molecule has 0 fully saturated rings. The number of hydrogen-bond acceptors (Lipinski definition) is 1. The zero-order valence-electron chi connectivity index (χ0n) is 9.55. The highest BCUT2D eigenvalue weighted by Crippen LogP contribution is 2.21. The van der Waals surface area contributed by atoms with Crippen LogP contribution in [0.15, 0.2) is 0 Å². The molecule has 0 rings (SSSR count). The predicted octanol–water partition coefficient (Wildman–Crippen LogP) is 3.67. The third-order valence-electron chi connectivity index (χ3n) is 2.59. The molecule has 0 unspecified atom stereocenters. The second-order valence-corrected chi connectivity index (χ2v) is 4.58. The van der Waals surface area contributed by atoms with Crippen LogP contribution in [0.2, 0.25) is 0 Å². The molecule has 0 amide bonds. The van der Waals surface area contributed by atoms with Crippen LogP contribution < -0.4 is 0 Å². The van der Waals surface area contributed by atoms with Gasteiger partial charge in [0, 0.05) is 5.92 Å². The molecule has 0 aromatic heterocycles. The molecule has 0 saturated carbocycles. The van der Waals surface area contributed by atoms with E-state index in [4.69, 9.17) is 0 Å². The summed E-state index contributed by atoms with van der Waals surface area (Å²) in [6.07, 6.45) is 5.99. The summed E-state index contributed by atoms with van der Waals surface area (Å²) in [7, 11) is 0. The molecular weight excluding hydrogens is 160 g/mol. The van der Waals surface area contributed by atoms with Gasteiger partial charge in [-0.1, -0.05) is 40.5 Å². The number of hydrogen-bond donors (Lipinski definition) is 0. The Balaban J connectivity index is 3.60. The van der Waals surface area contributed by atoms with E-state index in [-0.39, 0.29) is 5.92 Å². The number of carbonyl (C=O) groups excluding carboxylic acids is 1. The second-order valence-electron chi connectivity index (χ2n) is 4.58. The summed E-state index contributed by atoms with van der Waals surface area (Å²) in [6.45, 7) is 8.81. The third kappa shape index (κ3) is 6.80. The monoisotopic (exact) mass is 184 g/mol. The molecule has 1 heteroatoms. The largest absolute Gasteiger partial charge is 0.303 e. The van der Waals surface area contributed by atoms with E-state index in [0.717, 1.165) is 18.6 Å². The maximum absolute atomic E-state index is 10.5. The fourth-order valence-corrected chi connectivity index (χ4v) is 2.08. The van der Waals surface area contributed by atoms with Gasteiger partial charge in [-0.25, -0.2) is 0 Å². The van der Waals surface area contributed by atoms with Gasteiger partial charge in [-0.2, -0.15) is 0 Å².